The number of hydrogen-bond donors (Lipinski definition) is 1. The molecule has 1 N–H and O–H groups in total. The molecule has 0 heterocycles. The van der Waals surface area contributed by atoms with E-state index in [1.165, 1.54) is 12.1 Å². The third kappa shape index (κ3) is 3.64. The standard InChI is InChI=1S/C16H16BrNO3/c1-2-7-18(14-5-3-4-6-14)15(19)11-8-12(16(20)21)10-13(17)9-11/h1,8-10,14H,3-7H2,(H,20,21). The zero-order valence-corrected chi connectivity index (χ0v) is 13.1. The van der Waals surface area contributed by atoms with Gasteiger partial charge in [-0.2, -0.15) is 0 Å². The van der Waals surface area contributed by atoms with Crippen molar-refractivity contribution in [3.63, 3.8) is 0 Å². The van der Waals surface area contributed by atoms with E-state index in [0.717, 1.165) is 25.7 Å². The highest BCUT2D eigenvalue weighted by atomic mass is 79.9. The lowest BCUT2D eigenvalue weighted by Gasteiger charge is -2.27. The summed E-state index contributed by atoms with van der Waals surface area (Å²) in [6.45, 7) is 0.248. The zero-order chi connectivity index (χ0) is 15.4. The summed E-state index contributed by atoms with van der Waals surface area (Å²) in [5.41, 5.74) is 0.434. The molecule has 0 aromatic heterocycles. The summed E-state index contributed by atoms with van der Waals surface area (Å²) in [7, 11) is 0. The van der Waals surface area contributed by atoms with Crippen LogP contribution >= 0.6 is 15.9 Å². The van der Waals surface area contributed by atoms with Gasteiger partial charge in [-0.1, -0.05) is 34.7 Å². The Kier molecular flexibility index (Phi) is 5.03. The molecule has 0 aliphatic heterocycles. The minimum absolute atomic E-state index is 0.0832. The third-order valence-electron chi connectivity index (χ3n) is 3.68. The van der Waals surface area contributed by atoms with Gasteiger partial charge in [0.25, 0.3) is 5.91 Å². The number of amides is 1. The SMILES string of the molecule is C#CCN(C(=O)c1cc(Br)cc(C(=O)O)c1)C1CCCC1. The van der Waals surface area contributed by atoms with Crippen LogP contribution in [-0.2, 0) is 0 Å². The summed E-state index contributed by atoms with van der Waals surface area (Å²) in [5, 5.41) is 9.09. The van der Waals surface area contributed by atoms with Crippen LogP contribution in [0.3, 0.4) is 0 Å². The van der Waals surface area contributed by atoms with Gasteiger partial charge in [-0.3, -0.25) is 4.79 Å². The number of carbonyl (C=O) groups excluding carboxylic acids is 1. The molecule has 1 saturated carbocycles. The van der Waals surface area contributed by atoms with E-state index in [9.17, 15) is 9.59 Å². The number of carboxylic acid groups (broad SMARTS) is 1. The minimum Gasteiger partial charge on any atom is -0.478 e. The van der Waals surface area contributed by atoms with E-state index < -0.39 is 5.97 Å². The lowest BCUT2D eigenvalue weighted by Crippen LogP contribution is -2.39. The molecule has 1 aromatic carbocycles. The lowest BCUT2D eigenvalue weighted by atomic mass is 10.1. The normalized spacial score (nSPS) is 14.7. The Hall–Kier alpha value is -1.80. The van der Waals surface area contributed by atoms with E-state index in [2.05, 4.69) is 21.9 Å². The van der Waals surface area contributed by atoms with Gasteiger partial charge < -0.3 is 10.0 Å². The van der Waals surface area contributed by atoms with Crippen molar-refractivity contribution >= 4 is 27.8 Å². The second-order valence-electron chi connectivity index (χ2n) is 5.11. The Labute approximate surface area is 132 Å². The number of terminal acetylenes is 1. The molecule has 1 aromatic rings. The van der Waals surface area contributed by atoms with Crippen molar-refractivity contribution in [3.8, 4) is 12.3 Å². The molecule has 0 bridgehead atoms. The minimum atomic E-state index is -1.06. The zero-order valence-electron chi connectivity index (χ0n) is 11.5. The van der Waals surface area contributed by atoms with Gasteiger partial charge in [-0.25, -0.2) is 4.79 Å². The van der Waals surface area contributed by atoms with Crippen LogP contribution < -0.4 is 0 Å². The molecule has 2 rings (SSSR count). The number of aromatic carboxylic acids is 1. The Balaban J connectivity index is 2.32. The lowest BCUT2D eigenvalue weighted by molar-refractivity contribution is 0.0697. The molecular weight excluding hydrogens is 334 g/mol. The number of carboxylic acids is 1. The van der Waals surface area contributed by atoms with E-state index in [1.54, 1.807) is 11.0 Å². The smallest absolute Gasteiger partial charge is 0.335 e. The quantitative estimate of drug-likeness (QED) is 0.849. The van der Waals surface area contributed by atoms with Gasteiger partial charge in [0, 0.05) is 16.1 Å². The van der Waals surface area contributed by atoms with Crippen molar-refractivity contribution in [2.45, 2.75) is 31.7 Å². The first-order valence-corrected chi connectivity index (χ1v) is 7.60. The second-order valence-corrected chi connectivity index (χ2v) is 6.02. The van der Waals surface area contributed by atoms with E-state index in [4.69, 9.17) is 11.5 Å². The number of hydrogen-bond acceptors (Lipinski definition) is 2. The summed E-state index contributed by atoms with van der Waals surface area (Å²) in [6, 6.07) is 4.65. The molecule has 4 nitrogen and oxygen atoms in total. The molecule has 110 valence electrons. The average Bonchev–Trinajstić information content (AvgIpc) is 2.97. The fourth-order valence-corrected chi connectivity index (χ4v) is 3.18. The molecule has 0 spiro atoms. The Morgan fingerprint density at radius 2 is 1.90 bits per heavy atom. The number of nitrogens with zero attached hydrogens (tertiary/aromatic N) is 1. The van der Waals surface area contributed by atoms with E-state index >= 15 is 0 Å². The molecule has 21 heavy (non-hydrogen) atoms. The van der Waals surface area contributed by atoms with Crippen LogP contribution in [-0.4, -0.2) is 34.5 Å². The van der Waals surface area contributed by atoms with Crippen LogP contribution in [0.5, 0.6) is 0 Å². The van der Waals surface area contributed by atoms with E-state index in [-0.39, 0.29) is 24.1 Å². The molecule has 5 heteroatoms. The second kappa shape index (κ2) is 6.77. The van der Waals surface area contributed by atoms with Crippen LogP contribution in [0.25, 0.3) is 0 Å². The van der Waals surface area contributed by atoms with Crippen molar-refractivity contribution in [3.05, 3.63) is 33.8 Å². The summed E-state index contributed by atoms with van der Waals surface area (Å²) >= 11 is 3.25. The Morgan fingerprint density at radius 1 is 1.29 bits per heavy atom. The molecule has 0 atom stereocenters. The van der Waals surface area contributed by atoms with E-state index in [0.29, 0.717) is 10.0 Å². The van der Waals surface area contributed by atoms with Crippen LogP contribution in [0.2, 0.25) is 0 Å². The molecule has 1 aliphatic rings. The fraction of sp³-hybridized carbons (Fsp3) is 0.375. The predicted molar refractivity (Wildman–Crippen MR) is 83.2 cm³/mol. The van der Waals surface area contributed by atoms with Gasteiger partial charge in [-0.15, -0.1) is 6.42 Å². The van der Waals surface area contributed by atoms with Gasteiger partial charge in [0.05, 0.1) is 12.1 Å². The fourth-order valence-electron chi connectivity index (χ4n) is 2.68. The van der Waals surface area contributed by atoms with Crippen molar-refractivity contribution in [2.24, 2.45) is 0 Å². The molecule has 1 amide bonds. The molecule has 0 saturated heterocycles. The molecule has 0 unspecified atom stereocenters. The number of benzene rings is 1. The molecule has 1 aliphatic carbocycles. The van der Waals surface area contributed by atoms with Crippen LogP contribution in [0.4, 0.5) is 0 Å². The number of rotatable bonds is 4. The summed E-state index contributed by atoms with van der Waals surface area (Å²) in [4.78, 5) is 25.4. The highest BCUT2D eigenvalue weighted by molar-refractivity contribution is 9.10. The summed E-state index contributed by atoms with van der Waals surface area (Å²) < 4.78 is 0.567. The van der Waals surface area contributed by atoms with E-state index in [1.807, 2.05) is 0 Å². The van der Waals surface area contributed by atoms with Crippen molar-refractivity contribution < 1.29 is 14.7 Å². The van der Waals surface area contributed by atoms with Crippen LogP contribution in [0, 0.1) is 12.3 Å². The number of halogens is 1. The first-order valence-electron chi connectivity index (χ1n) is 6.81. The maximum atomic E-state index is 12.7. The average molecular weight is 350 g/mol. The highest BCUT2D eigenvalue weighted by Gasteiger charge is 2.27. The molecule has 0 radical (unpaired) electrons. The predicted octanol–water partition coefficient (Wildman–Crippen LogP) is 3.17. The Bertz CT molecular complexity index is 600. The molecular formula is C16H16BrNO3. The van der Waals surface area contributed by atoms with Gasteiger partial charge in [0.1, 0.15) is 0 Å². The van der Waals surface area contributed by atoms with Gasteiger partial charge in [0.15, 0.2) is 0 Å². The topological polar surface area (TPSA) is 57.6 Å². The van der Waals surface area contributed by atoms with Crippen molar-refractivity contribution in [2.75, 3.05) is 6.54 Å². The highest BCUT2D eigenvalue weighted by Crippen LogP contribution is 2.26. The maximum Gasteiger partial charge on any atom is 0.335 e. The summed E-state index contributed by atoms with van der Waals surface area (Å²) in [5.74, 6) is 1.26. The largest absolute Gasteiger partial charge is 0.478 e. The van der Waals surface area contributed by atoms with Crippen LogP contribution in [0.15, 0.2) is 22.7 Å². The summed E-state index contributed by atoms with van der Waals surface area (Å²) in [6.07, 6.45) is 9.47. The van der Waals surface area contributed by atoms with Gasteiger partial charge in [-0.05, 0) is 31.0 Å². The van der Waals surface area contributed by atoms with Gasteiger partial charge >= 0.3 is 5.97 Å². The number of carbonyl (C=O) groups is 2. The first kappa shape index (κ1) is 15.6. The Morgan fingerprint density at radius 3 is 2.48 bits per heavy atom. The van der Waals surface area contributed by atoms with Crippen molar-refractivity contribution in [1.82, 2.24) is 4.90 Å². The first-order chi connectivity index (χ1) is 10.0. The van der Waals surface area contributed by atoms with Crippen LogP contribution in [0.1, 0.15) is 46.4 Å². The molecule has 1 fully saturated rings. The van der Waals surface area contributed by atoms with Crippen molar-refractivity contribution in [1.29, 1.82) is 0 Å². The monoisotopic (exact) mass is 349 g/mol. The maximum absolute atomic E-state index is 12.7. The van der Waals surface area contributed by atoms with Gasteiger partial charge in [0.2, 0.25) is 0 Å². The third-order valence-corrected chi connectivity index (χ3v) is 4.14.